The van der Waals surface area contributed by atoms with Gasteiger partial charge in [-0.1, -0.05) is 31.4 Å². The first-order chi connectivity index (χ1) is 8.10. The van der Waals surface area contributed by atoms with Crippen molar-refractivity contribution in [3.05, 3.63) is 19.8 Å². The fourth-order valence-corrected chi connectivity index (χ4v) is 3.72. The lowest BCUT2D eigenvalue weighted by molar-refractivity contribution is 0.248. The van der Waals surface area contributed by atoms with Gasteiger partial charge >= 0.3 is 0 Å². The molecule has 2 N–H and O–H groups in total. The van der Waals surface area contributed by atoms with Crippen LogP contribution in [-0.2, 0) is 0 Å². The predicted octanol–water partition coefficient (Wildman–Crippen LogP) is 4.29. The van der Waals surface area contributed by atoms with Gasteiger partial charge in [0.15, 0.2) is 0 Å². The highest BCUT2D eigenvalue weighted by Crippen LogP contribution is 2.36. The molecule has 98 valence electrons. The zero-order chi connectivity index (χ0) is 12.8. The van der Waals surface area contributed by atoms with Crippen molar-refractivity contribution in [3.63, 3.8) is 0 Å². The molecule has 0 aliphatic carbocycles. The normalized spacial score (nSPS) is 13.3. The van der Waals surface area contributed by atoms with Crippen molar-refractivity contribution in [1.29, 1.82) is 0 Å². The molecule has 0 fully saturated rings. The van der Waals surface area contributed by atoms with E-state index in [9.17, 15) is 0 Å². The molecular weight excluding hydrogens is 320 g/mol. The molecule has 0 bridgehead atoms. The van der Waals surface area contributed by atoms with Crippen LogP contribution in [0.3, 0.4) is 0 Å². The molecule has 1 rings (SSSR count). The lowest BCUT2D eigenvalue weighted by Gasteiger charge is -2.25. The molecule has 0 aliphatic heterocycles. The van der Waals surface area contributed by atoms with Crippen molar-refractivity contribution in [3.8, 4) is 0 Å². The van der Waals surface area contributed by atoms with Crippen LogP contribution in [-0.4, -0.2) is 25.0 Å². The first-order valence-corrected chi connectivity index (χ1v) is 7.93. The minimum atomic E-state index is 0.278. The third kappa shape index (κ3) is 4.52. The van der Waals surface area contributed by atoms with Crippen LogP contribution in [0.4, 0.5) is 0 Å². The second-order valence-electron chi connectivity index (χ2n) is 4.21. The summed E-state index contributed by atoms with van der Waals surface area (Å²) in [4.78, 5) is 3.56. The Morgan fingerprint density at radius 1 is 1.53 bits per heavy atom. The molecule has 1 aromatic heterocycles. The van der Waals surface area contributed by atoms with E-state index in [4.69, 9.17) is 17.3 Å². The van der Waals surface area contributed by atoms with E-state index in [0.29, 0.717) is 6.54 Å². The zero-order valence-electron chi connectivity index (χ0n) is 10.4. The second kappa shape index (κ2) is 7.74. The van der Waals surface area contributed by atoms with Crippen LogP contribution >= 0.6 is 38.9 Å². The fourth-order valence-electron chi connectivity index (χ4n) is 1.81. The van der Waals surface area contributed by atoms with Gasteiger partial charge in [0.2, 0.25) is 0 Å². The molecule has 1 heterocycles. The summed E-state index contributed by atoms with van der Waals surface area (Å²) in [5, 5.41) is 0. The largest absolute Gasteiger partial charge is 0.329 e. The Morgan fingerprint density at radius 2 is 2.24 bits per heavy atom. The highest BCUT2D eigenvalue weighted by Gasteiger charge is 2.18. The average molecular weight is 340 g/mol. The highest BCUT2D eigenvalue weighted by atomic mass is 79.9. The standard InChI is InChI=1S/C12H20BrClN2S/c1-3-4-5-6-16(2)10(8-15)11-7-9(13)12(14)17-11/h7,10H,3-6,8,15H2,1-2H3. The summed E-state index contributed by atoms with van der Waals surface area (Å²) in [6, 6.07) is 2.36. The molecule has 0 radical (unpaired) electrons. The van der Waals surface area contributed by atoms with Crippen LogP contribution in [0.5, 0.6) is 0 Å². The highest BCUT2D eigenvalue weighted by molar-refractivity contribution is 9.10. The number of likely N-dealkylation sites (N-methyl/N-ethyl adjacent to an activating group) is 1. The van der Waals surface area contributed by atoms with Crippen molar-refractivity contribution < 1.29 is 0 Å². The monoisotopic (exact) mass is 338 g/mol. The number of rotatable bonds is 7. The third-order valence-electron chi connectivity index (χ3n) is 2.86. The maximum absolute atomic E-state index is 6.07. The van der Waals surface area contributed by atoms with Gasteiger partial charge in [0.05, 0.1) is 6.04 Å². The molecule has 17 heavy (non-hydrogen) atoms. The quantitative estimate of drug-likeness (QED) is 0.751. The number of halogens is 2. The van der Waals surface area contributed by atoms with Gasteiger partial charge in [-0.25, -0.2) is 0 Å². The molecule has 1 unspecified atom stereocenters. The Kier molecular flexibility index (Phi) is 7.04. The minimum Gasteiger partial charge on any atom is -0.329 e. The van der Waals surface area contributed by atoms with Gasteiger partial charge < -0.3 is 5.73 Å². The molecule has 1 aromatic rings. The van der Waals surface area contributed by atoms with Crippen molar-refractivity contribution in [1.82, 2.24) is 4.90 Å². The van der Waals surface area contributed by atoms with Gasteiger partial charge in [-0.05, 0) is 42.0 Å². The average Bonchev–Trinajstić information content (AvgIpc) is 2.60. The van der Waals surface area contributed by atoms with Crippen molar-refractivity contribution >= 4 is 38.9 Å². The maximum Gasteiger partial charge on any atom is 0.107 e. The van der Waals surface area contributed by atoms with Gasteiger partial charge in [-0.3, -0.25) is 4.90 Å². The van der Waals surface area contributed by atoms with E-state index in [2.05, 4.69) is 40.9 Å². The molecule has 2 nitrogen and oxygen atoms in total. The lowest BCUT2D eigenvalue weighted by atomic mass is 10.2. The van der Waals surface area contributed by atoms with Crippen LogP contribution in [0.15, 0.2) is 10.5 Å². The summed E-state index contributed by atoms with van der Waals surface area (Å²) in [7, 11) is 2.13. The number of hydrogen-bond donors (Lipinski definition) is 1. The SMILES string of the molecule is CCCCCN(C)C(CN)c1cc(Br)c(Cl)s1. The molecule has 0 saturated carbocycles. The number of nitrogens with zero attached hydrogens (tertiary/aromatic N) is 1. The van der Waals surface area contributed by atoms with Gasteiger partial charge in [0.25, 0.3) is 0 Å². The molecule has 5 heteroatoms. The van der Waals surface area contributed by atoms with Gasteiger partial charge in [-0.2, -0.15) is 0 Å². The van der Waals surface area contributed by atoms with Crippen LogP contribution in [0.25, 0.3) is 0 Å². The first kappa shape index (κ1) is 15.4. The number of thiophene rings is 1. The Balaban J connectivity index is 2.63. The predicted molar refractivity (Wildman–Crippen MR) is 81.0 cm³/mol. The van der Waals surface area contributed by atoms with Crippen molar-refractivity contribution in [2.24, 2.45) is 5.73 Å². The van der Waals surface area contributed by atoms with Crippen LogP contribution in [0.2, 0.25) is 4.34 Å². The molecule has 1 atom stereocenters. The molecule has 0 aromatic carbocycles. The Bertz CT molecular complexity index is 324. The fraction of sp³-hybridized carbons (Fsp3) is 0.667. The van der Waals surface area contributed by atoms with Crippen LogP contribution in [0.1, 0.15) is 37.1 Å². The van der Waals surface area contributed by atoms with E-state index in [1.54, 1.807) is 11.3 Å². The molecule has 0 aliphatic rings. The summed E-state index contributed by atoms with van der Waals surface area (Å²) < 4.78 is 1.78. The minimum absolute atomic E-state index is 0.278. The Labute approximate surface area is 121 Å². The van der Waals surface area contributed by atoms with Crippen LogP contribution < -0.4 is 5.73 Å². The van der Waals surface area contributed by atoms with Gasteiger partial charge in [-0.15, -0.1) is 11.3 Å². The second-order valence-corrected chi connectivity index (χ2v) is 6.75. The van der Waals surface area contributed by atoms with E-state index in [-0.39, 0.29) is 6.04 Å². The molecular formula is C12H20BrClN2S. The maximum atomic E-state index is 6.07. The van der Waals surface area contributed by atoms with Gasteiger partial charge in [0, 0.05) is 15.9 Å². The molecule has 0 amide bonds. The lowest BCUT2D eigenvalue weighted by Crippen LogP contribution is -2.30. The summed E-state index contributed by atoms with van der Waals surface area (Å²) in [5.41, 5.74) is 5.88. The first-order valence-electron chi connectivity index (χ1n) is 5.95. The van der Waals surface area contributed by atoms with Gasteiger partial charge in [0.1, 0.15) is 4.34 Å². The van der Waals surface area contributed by atoms with E-state index in [1.807, 2.05) is 0 Å². The number of hydrogen-bond acceptors (Lipinski definition) is 3. The Hall–Kier alpha value is 0.390. The summed E-state index contributed by atoms with van der Waals surface area (Å²) >= 11 is 11.1. The van der Waals surface area contributed by atoms with E-state index in [1.165, 1.54) is 24.1 Å². The van der Waals surface area contributed by atoms with Crippen molar-refractivity contribution in [2.45, 2.75) is 32.2 Å². The number of unbranched alkanes of at least 4 members (excludes halogenated alkanes) is 2. The molecule has 0 spiro atoms. The van der Waals surface area contributed by atoms with E-state index < -0.39 is 0 Å². The zero-order valence-corrected chi connectivity index (χ0v) is 13.5. The topological polar surface area (TPSA) is 29.3 Å². The van der Waals surface area contributed by atoms with E-state index in [0.717, 1.165) is 15.4 Å². The van der Waals surface area contributed by atoms with E-state index >= 15 is 0 Å². The van der Waals surface area contributed by atoms with Crippen molar-refractivity contribution in [2.75, 3.05) is 20.1 Å². The van der Waals surface area contributed by atoms with Crippen LogP contribution in [0, 0.1) is 0 Å². The summed E-state index contributed by atoms with van der Waals surface area (Å²) in [5.74, 6) is 0. The smallest absolute Gasteiger partial charge is 0.107 e. The third-order valence-corrected chi connectivity index (χ3v) is 5.44. The Morgan fingerprint density at radius 3 is 2.71 bits per heavy atom. The molecule has 0 saturated heterocycles. The summed E-state index contributed by atoms with van der Waals surface area (Å²) in [6.45, 7) is 3.94. The summed E-state index contributed by atoms with van der Waals surface area (Å²) in [6.07, 6.45) is 3.75. The number of nitrogens with two attached hydrogens (primary N) is 1.